The van der Waals surface area contributed by atoms with Crippen molar-refractivity contribution in [3.8, 4) is 0 Å². The molecular weight excluding hydrogens is 290 g/mol. The third-order valence-corrected chi connectivity index (χ3v) is 4.50. The van der Waals surface area contributed by atoms with Gasteiger partial charge in [0.2, 0.25) is 0 Å². The van der Waals surface area contributed by atoms with E-state index in [9.17, 15) is 0 Å². The molecule has 120 valence electrons. The molecule has 24 heavy (non-hydrogen) atoms. The van der Waals surface area contributed by atoms with Gasteiger partial charge in [0.05, 0.1) is 0 Å². The zero-order valence-electron chi connectivity index (χ0n) is 14.0. The molecule has 0 heterocycles. The molecular formula is C23H23N. The summed E-state index contributed by atoms with van der Waals surface area (Å²) in [4.78, 5) is 0. The molecule has 0 saturated carbocycles. The summed E-state index contributed by atoms with van der Waals surface area (Å²) in [5, 5.41) is 0. The van der Waals surface area contributed by atoms with Gasteiger partial charge < -0.3 is 5.73 Å². The lowest BCUT2D eigenvalue weighted by molar-refractivity contribution is 0.680. The van der Waals surface area contributed by atoms with E-state index in [4.69, 9.17) is 5.73 Å². The summed E-state index contributed by atoms with van der Waals surface area (Å²) in [6.45, 7) is 6.16. The third kappa shape index (κ3) is 3.26. The fourth-order valence-electron chi connectivity index (χ4n) is 3.27. The number of hydrogen-bond acceptors (Lipinski definition) is 1. The normalized spacial score (nSPS) is 21.0. The second kappa shape index (κ2) is 7.18. The molecule has 3 rings (SSSR count). The number of benzene rings is 2. The van der Waals surface area contributed by atoms with E-state index in [2.05, 4.69) is 68.1 Å². The molecule has 0 aromatic heterocycles. The molecule has 0 radical (unpaired) electrons. The van der Waals surface area contributed by atoms with Gasteiger partial charge >= 0.3 is 0 Å². The Labute approximate surface area is 144 Å². The summed E-state index contributed by atoms with van der Waals surface area (Å²) in [5.74, 6) is 0.432. The predicted molar refractivity (Wildman–Crippen MR) is 104 cm³/mol. The topological polar surface area (TPSA) is 26.0 Å². The van der Waals surface area contributed by atoms with Crippen LogP contribution >= 0.6 is 0 Å². The van der Waals surface area contributed by atoms with Crippen LogP contribution in [0.5, 0.6) is 0 Å². The molecule has 0 amide bonds. The van der Waals surface area contributed by atoms with E-state index in [1.165, 1.54) is 5.57 Å². The van der Waals surface area contributed by atoms with Gasteiger partial charge in [-0.1, -0.05) is 90.5 Å². The summed E-state index contributed by atoms with van der Waals surface area (Å²) >= 11 is 0. The van der Waals surface area contributed by atoms with Crippen LogP contribution in [0.4, 0.5) is 0 Å². The minimum Gasteiger partial charge on any atom is -0.398 e. The number of allylic oxidation sites excluding steroid dienone is 6. The summed E-state index contributed by atoms with van der Waals surface area (Å²) < 4.78 is 0. The van der Waals surface area contributed by atoms with E-state index < -0.39 is 0 Å². The van der Waals surface area contributed by atoms with Crippen molar-refractivity contribution in [2.24, 2.45) is 17.6 Å². The molecule has 2 aromatic rings. The molecule has 2 unspecified atom stereocenters. The molecule has 2 N–H and O–H groups in total. The van der Waals surface area contributed by atoms with Crippen molar-refractivity contribution in [2.75, 3.05) is 0 Å². The monoisotopic (exact) mass is 313 g/mol. The van der Waals surface area contributed by atoms with Crippen molar-refractivity contribution in [1.29, 1.82) is 0 Å². The molecule has 0 aliphatic heterocycles. The van der Waals surface area contributed by atoms with Crippen LogP contribution in [0.25, 0.3) is 11.3 Å². The largest absolute Gasteiger partial charge is 0.398 e. The predicted octanol–water partition coefficient (Wildman–Crippen LogP) is 5.45. The number of nitrogens with two attached hydrogens (primary N) is 1. The average molecular weight is 313 g/mol. The number of rotatable bonds is 4. The van der Waals surface area contributed by atoms with Gasteiger partial charge in [0.15, 0.2) is 0 Å². The Kier molecular flexibility index (Phi) is 4.81. The second-order valence-electron chi connectivity index (χ2n) is 6.17. The highest BCUT2D eigenvalue weighted by Crippen LogP contribution is 2.38. The van der Waals surface area contributed by atoms with Crippen molar-refractivity contribution in [2.45, 2.75) is 6.92 Å². The van der Waals surface area contributed by atoms with Crippen molar-refractivity contribution < 1.29 is 0 Å². The maximum absolute atomic E-state index is 6.64. The molecule has 2 atom stereocenters. The van der Waals surface area contributed by atoms with Gasteiger partial charge in [-0.25, -0.2) is 0 Å². The van der Waals surface area contributed by atoms with Gasteiger partial charge in [-0.05, 0) is 23.6 Å². The first-order valence-corrected chi connectivity index (χ1v) is 8.30. The summed E-state index contributed by atoms with van der Waals surface area (Å²) in [6.07, 6.45) is 8.70. The summed E-state index contributed by atoms with van der Waals surface area (Å²) in [5.41, 5.74) is 12.1. The van der Waals surface area contributed by atoms with Crippen molar-refractivity contribution >= 4 is 11.3 Å². The molecule has 0 saturated heterocycles. The molecule has 0 bridgehead atoms. The van der Waals surface area contributed by atoms with Crippen LogP contribution in [0, 0.1) is 11.8 Å². The van der Waals surface area contributed by atoms with Crippen LogP contribution in [-0.4, -0.2) is 0 Å². The highest BCUT2D eigenvalue weighted by molar-refractivity contribution is 5.91. The first kappa shape index (κ1) is 16.1. The van der Waals surface area contributed by atoms with Crippen LogP contribution in [0.1, 0.15) is 18.1 Å². The van der Waals surface area contributed by atoms with Crippen LogP contribution in [-0.2, 0) is 0 Å². The van der Waals surface area contributed by atoms with Crippen LogP contribution in [0.3, 0.4) is 0 Å². The minimum atomic E-state index is 0.189. The molecule has 0 fully saturated rings. The Bertz CT molecular complexity index is 794. The van der Waals surface area contributed by atoms with Crippen molar-refractivity contribution in [1.82, 2.24) is 0 Å². The zero-order valence-corrected chi connectivity index (χ0v) is 14.0. The van der Waals surface area contributed by atoms with Crippen LogP contribution < -0.4 is 5.73 Å². The summed E-state index contributed by atoms with van der Waals surface area (Å²) in [6, 6.07) is 20.6. The third-order valence-electron chi connectivity index (χ3n) is 4.50. The molecule has 1 aliphatic rings. The van der Waals surface area contributed by atoms with Crippen LogP contribution in [0.15, 0.2) is 97.1 Å². The highest BCUT2D eigenvalue weighted by atomic mass is 14.6. The standard InChI is InChI=1S/C23H23N/c1-3-18-16-17(2)14-15-21(18)22(19-10-6-4-7-11-19)23(24)20-12-8-5-9-13-20/h3-16,18,21H,1,24H2,2H3/b23-22-. The van der Waals surface area contributed by atoms with Gasteiger partial charge in [-0.15, -0.1) is 6.58 Å². The minimum absolute atomic E-state index is 0.189. The van der Waals surface area contributed by atoms with Gasteiger partial charge in [0.1, 0.15) is 0 Å². The lowest BCUT2D eigenvalue weighted by Crippen LogP contribution is -2.17. The summed E-state index contributed by atoms with van der Waals surface area (Å²) in [7, 11) is 0. The lowest BCUT2D eigenvalue weighted by Gasteiger charge is -2.27. The SMILES string of the molecule is C=CC1C=C(C)C=CC1/C(=C(\N)c1ccccc1)c1ccccc1. The van der Waals surface area contributed by atoms with E-state index in [0.717, 1.165) is 22.4 Å². The van der Waals surface area contributed by atoms with Gasteiger partial charge in [-0.2, -0.15) is 0 Å². The van der Waals surface area contributed by atoms with Gasteiger partial charge in [0, 0.05) is 17.5 Å². The Morgan fingerprint density at radius 2 is 1.54 bits per heavy atom. The second-order valence-corrected chi connectivity index (χ2v) is 6.17. The van der Waals surface area contributed by atoms with Crippen molar-refractivity contribution in [3.05, 3.63) is 108 Å². The van der Waals surface area contributed by atoms with E-state index in [0.29, 0.717) is 0 Å². The fourth-order valence-corrected chi connectivity index (χ4v) is 3.27. The molecule has 0 spiro atoms. The first-order chi connectivity index (χ1) is 11.7. The Balaban J connectivity index is 2.17. The Hall–Kier alpha value is -2.80. The maximum Gasteiger partial charge on any atom is 0.0432 e. The van der Waals surface area contributed by atoms with Crippen LogP contribution in [0.2, 0.25) is 0 Å². The lowest BCUT2D eigenvalue weighted by atomic mass is 9.77. The number of hydrogen-bond donors (Lipinski definition) is 1. The molecule has 1 nitrogen and oxygen atoms in total. The van der Waals surface area contributed by atoms with E-state index in [1.54, 1.807) is 0 Å². The molecule has 1 aliphatic carbocycles. The van der Waals surface area contributed by atoms with E-state index >= 15 is 0 Å². The molecule has 1 heteroatoms. The fraction of sp³-hybridized carbons (Fsp3) is 0.130. The Morgan fingerprint density at radius 1 is 0.958 bits per heavy atom. The average Bonchev–Trinajstić information content (AvgIpc) is 2.64. The van der Waals surface area contributed by atoms with Crippen molar-refractivity contribution in [3.63, 3.8) is 0 Å². The van der Waals surface area contributed by atoms with Gasteiger partial charge in [-0.3, -0.25) is 0 Å². The van der Waals surface area contributed by atoms with E-state index in [-0.39, 0.29) is 11.8 Å². The van der Waals surface area contributed by atoms with Gasteiger partial charge in [0.25, 0.3) is 0 Å². The quantitative estimate of drug-likeness (QED) is 0.589. The first-order valence-electron chi connectivity index (χ1n) is 8.30. The molecule has 2 aromatic carbocycles. The zero-order chi connectivity index (χ0) is 16.9. The van der Waals surface area contributed by atoms with E-state index in [1.807, 2.05) is 30.3 Å². The smallest absolute Gasteiger partial charge is 0.0432 e. The highest BCUT2D eigenvalue weighted by Gasteiger charge is 2.25. The maximum atomic E-state index is 6.64. The Morgan fingerprint density at radius 3 is 2.12 bits per heavy atom.